The normalized spacial score (nSPS) is 11.4. The minimum Gasteiger partial charge on any atom is -0.364 e. The van der Waals surface area contributed by atoms with E-state index in [9.17, 15) is 18.8 Å². The van der Waals surface area contributed by atoms with E-state index in [1.807, 2.05) is 20.8 Å². The molecule has 0 atom stereocenters. The minimum absolute atomic E-state index is 0.0296. The van der Waals surface area contributed by atoms with Gasteiger partial charge in [-0.15, -0.1) is 0 Å². The topological polar surface area (TPSA) is 110 Å². The van der Waals surface area contributed by atoms with Crippen molar-refractivity contribution in [3.05, 3.63) is 64.6 Å². The lowest BCUT2D eigenvalue weighted by atomic mass is 9.96. The Morgan fingerprint density at radius 2 is 1.85 bits per heavy atom. The fraction of sp³-hybridized carbons (Fsp3) is 0.333. The van der Waals surface area contributed by atoms with Crippen LogP contribution in [0.15, 0.2) is 42.5 Å². The quantitative estimate of drug-likeness (QED) is 0.508. The van der Waals surface area contributed by atoms with Crippen LogP contribution in [-0.2, 0) is 22.7 Å². The second-order valence-corrected chi connectivity index (χ2v) is 9.59. The molecule has 0 radical (unpaired) electrons. The molecule has 0 aliphatic heterocycles. The molecule has 1 aromatic heterocycles. The Morgan fingerprint density at radius 1 is 1.15 bits per heavy atom. The van der Waals surface area contributed by atoms with E-state index in [4.69, 9.17) is 17.3 Å². The number of fused-ring (bicyclic) bond motifs is 1. The van der Waals surface area contributed by atoms with Gasteiger partial charge in [0.15, 0.2) is 5.69 Å². The highest BCUT2D eigenvalue weighted by Crippen LogP contribution is 2.20. The molecule has 0 fully saturated rings. The maximum absolute atomic E-state index is 14.1. The Morgan fingerprint density at radius 3 is 2.53 bits per heavy atom. The van der Waals surface area contributed by atoms with E-state index >= 15 is 0 Å². The van der Waals surface area contributed by atoms with Crippen molar-refractivity contribution in [3.8, 4) is 0 Å². The number of benzene rings is 2. The molecular formula is C24H27ClFN5O3. The first kappa shape index (κ1) is 25.2. The number of para-hydroxylation sites is 1. The average molecular weight is 488 g/mol. The molecule has 0 aliphatic rings. The number of nitrogens with zero attached hydrogens (tertiary/aromatic N) is 3. The van der Waals surface area contributed by atoms with Crippen LogP contribution in [-0.4, -0.2) is 45.5 Å². The molecule has 8 nitrogen and oxygen atoms in total. The maximum Gasteiger partial charge on any atom is 0.269 e. The van der Waals surface area contributed by atoms with Crippen molar-refractivity contribution in [2.45, 2.75) is 33.9 Å². The number of halogens is 2. The van der Waals surface area contributed by atoms with Crippen LogP contribution in [0.1, 0.15) is 36.8 Å². The molecule has 3 rings (SSSR count). The molecule has 0 bridgehead atoms. The van der Waals surface area contributed by atoms with Gasteiger partial charge in [-0.3, -0.25) is 19.1 Å². The standard InChI is InChI=1S/C24H27ClFN5O3/c1-24(2,3)14-30(12-19(32)28-11-15-7-6-9-17(25)21(15)26)20(33)13-31-18-10-5-4-8-16(18)22(29-31)23(27)34/h4-10H,11-14H2,1-3H3,(H2,27,34)(H,28,32). The number of rotatable bonds is 8. The number of carbonyl (C=O) groups is 3. The highest BCUT2D eigenvalue weighted by molar-refractivity contribution is 6.30. The lowest BCUT2D eigenvalue weighted by Crippen LogP contribution is -2.45. The summed E-state index contributed by atoms with van der Waals surface area (Å²) in [4.78, 5) is 39.0. The predicted molar refractivity (Wildman–Crippen MR) is 128 cm³/mol. The van der Waals surface area contributed by atoms with Gasteiger partial charge in [-0.05, 0) is 17.5 Å². The van der Waals surface area contributed by atoms with Crippen molar-refractivity contribution in [3.63, 3.8) is 0 Å². The van der Waals surface area contributed by atoms with Gasteiger partial charge in [-0.25, -0.2) is 4.39 Å². The molecule has 3 amide bonds. The Bertz CT molecular complexity index is 1240. The molecule has 0 aliphatic carbocycles. The number of amides is 3. The molecule has 1 heterocycles. The van der Waals surface area contributed by atoms with E-state index in [-0.39, 0.29) is 47.2 Å². The van der Waals surface area contributed by atoms with Crippen molar-refractivity contribution in [2.75, 3.05) is 13.1 Å². The van der Waals surface area contributed by atoms with Crippen LogP contribution in [0.5, 0.6) is 0 Å². The summed E-state index contributed by atoms with van der Waals surface area (Å²) in [5.41, 5.74) is 6.05. The number of primary amides is 1. The van der Waals surface area contributed by atoms with Crippen LogP contribution in [0.3, 0.4) is 0 Å². The number of nitrogens with two attached hydrogens (primary N) is 1. The summed E-state index contributed by atoms with van der Waals surface area (Å²) >= 11 is 5.79. The second kappa shape index (κ2) is 10.2. The van der Waals surface area contributed by atoms with Crippen molar-refractivity contribution in [1.29, 1.82) is 0 Å². The molecule has 0 spiro atoms. The van der Waals surface area contributed by atoms with Crippen LogP contribution in [0, 0.1) is 11.2 Å². The predicted octanol–water partition coefficient (Wildman–Crippen LogP) is 3.12. The first-order valence-electron chi connectivity index (χ1n) is 10.7. The van der Waals surface area contributed by atoms with Gasteiger partial charge >= 0.3 is 0 Å². The van der Waals surface area contributed by atoms with Crippen molar-refractivity contribution < 1.29 is 18.8 Å². The van der Waals surface area contributed by atoms with Gasteiger partial charge in [0.1, 0.15) is 12.4 Å². The van der Waals surface area contributed by atoms with Gasteiger partial charge in [-0.2, -0.15) is 5.10 Å². The first-order chi connectivity index (χ1) is 16.0. The van der Waals surface area contributed by atoms with Gasteiger partial charge in [0, 0.05) is 24.0 Å². The monoisotopic (exact) mass is 487 g/mol. The molecule has 34 heavy (non-hydrogen) atoms. The van der Waals surface area contributed by atoms with E-state index in [0.29, 0.717) is 17.4 Å². The average Bonchev–Trinajstić information content (AvgIpc) is 3.12. The molecule has 0 saturated heterocycles. The Balaban J connectivity index is 1.76. The summed E-state index contributed by atoms with van der Waals surface area (Å²) in [6.07, 6.45) is 0. The summed E-state index contributed by atoms with van der Waals surface area (Å²) in [7, 11) is 0. The summed E-state index contributed by atoms with van der Waals surface area (Å²) in [6, 6.07) is 11.5. The number of nitrogens with one attached hydrogen (secondary N) is 1. The molecule has 3 aromatic rings. The van der Waals surface area contributed by atoms with Crippen molar-refractivity contribution in [2.24, 2.45) is 11.1 Å². The zero-order valence-electron chi connectivity index (χ0n) is 19.3. The van der Waals surface area contributed by atoms with E-state index in [0.717, 1.165) is 0 Å². The largest absolute Gasteiger partial charge is 0.364 e. The van der Waals surface area contributed by atoms with Gasteiger partial charge in [0.05, 0.1) is 17.1 Å². The third-order valence-corrected chi connectivity index (χ3v) is 5.33. The van der Waals surface area contributed by atoms with E-state index < -0.39 is 17.6 Å². The highest BCUT2D eigenvalue weighted by atomic mass is 35.5. The number of hydrogen-bond donors (Lipinski definition) is 2. The highest BCUT2D eigenvalue weighted by Gasteiger charge is 2.25. The maximum atomic E-state index is 14.1. The first-order valence-corrected chi connectivity index (χ1v) is 11.1. The number of carbonyl (C=O) groups excluding carboxylic acids is 3. The zero-order valence-corrected chi connectivity index (χ0v) is 20.0. The molecule has 180 valence electrons. The third-order valence-electron chi connectivity index (χ3n) is 5.04. The summed E-state index contributed by atoms with van der Waals surface area (Å²) in [5.74, 6) is -2.09. The smallest absolute Gasteiger partial charge is 0.269 e. The Kier molecular flexibility index (Phi) is 7.56. The molecular weight excluding hydrogens is 461 g/mol. The van der Waals surface area contributed by atoms with E-state index in [1.165, 1.54) is 21.7 Å². The fourth-order valence-electron chi connectivity index (χ4n) is 3.57. The summed E-state index contributed by atoms with van der Waals surface area (Å²) in [5, 5.41) is 7.37. The Labute approximate surface area is 201 Å². The van der Waals surface area contributed by atoms with Crippen LogP contribution in [0.4, 0.5) is 4.39 Å². The molecule has 10 heteroatoms. The van der Waals surface area contributed by atoms with E-state index in [1.54, 1.807) is 30.3 Å². The zero-order chi connectivity index (χ0) is 25.0. The third kappa shape index (κ3) is 6.11. The summed E-state index contributed by atoms with van der Waals surface area (Å²) in [6.45, 7) is 5.67. The SMILES string of the molecule is CC(C)(C)CN(CC(=O)NCc1cccc(Cl)c1F)C(=O)Cn1nc(C(N)=O)c2ccccc21. The van der Waals surface area contributed by atoms with Crippen LogP contribution in [0.2, 0.25) is 5.02 Å². The van der Waals surface area contributed by atoms with Crippen molar-refractivity contribution in [1.82, 2.24) is 20.0 Å². The van der Waals surface area contributed by atoms with Gasteiger partial charge in [0.2, 0.25) is 11.8 Å². The van der Waals surface area contributed by atoms with E-state index in [2.05, 4.69) is 10.4 Å². The Hall–Kier alpha value is -3.46. The minimum atomic E-state index is -0.693. The lowest BCUT2D eigenvalue weighted by molar-refractivity contribution is -0.138. The van der Waals surface area contributed by atoms with Gasteiger partial charge in [0.25, 0.3) is 5.91 Å². The molecule has 0 saturated carbocycles. The molecule has 2 aromatic carbocycles. The number of hydrogen-bond acceptors (Lipinski definition) is 4. The van der Waals surface area contributed by atoms with Crippen molar-refractivity contribution >= 4 is 40.2 Å². The van der Waals surface area contributed by atoms with Crippen LogP contribution >= 0.6 is 11.6 Å². The van der Waals surface area contributed by atoms with Gasteiger partial charge in [-0.1, -0.05) is 62.7 Å². The van der Waals surface area contributed by atoms with Crippen LogP contribution < -0.4 is 11.1 Å². The molecule has 0 unspecified atom stereocenters. The molecule has 3 N–H and O–H groups in total. The second-order valence-electron chi connectivity index (χ2n) is 9.19. The lowest BCUT2D eigenvalue weighted by Gasteiger charge is -2.29. The summed E-state index contributed by atoms with van der Waals surface area (Å²) < 4.78 is 15.5. The number of aromatic nitrogens is 2. The van der Waals surface area contributed by atoms with Crippen LogP contribution in [0.25, 0.3) is 10.9 Å². The fourth-order valence-corrected chi connectivity index (χ4v) is 3.77. The van der Waals surface area contributed by atoms with Gasteiger partial charge < -0.3 is 16.0 Å².